The van der Waals surface area contributed by atoms with Crippen LogP contribution >= 0.6 is 11.6 Å². The molecule has 6 atom stereocenters. The van der Waals surface area contributed by atoms with Crippen LogP contribution in [0.3, 0.4) is 0 Å². The fourth-order valence-corrected chi connectivity index (χ4v) is 5.13. The van der Waals surface area contributed by atoms with Gasteiger partial charge in [-0.05, 0) is 81.5 Å². The van der Waals surface area contributed by atoms with Crippen LogP contribution in [0.5, 0.6) is 0 Å². The molecule has 55 heavy (non-hydrogen) atoms. The van der Waals surface area contributed by atoms with E-state index in [1.54, 1.807) is 36.4 Å². The molecule has 0 spiro atoms. The van der Waals surface area contributed by atoms with E-state index in [0.29, 0.717) is 37.4 Å². The van der Waals surface area contributed by atoms with E-state index < -0.39 is 77.7 Å². The van der Waals surface area contributed by atoms with Crippen LogP contribution in [0.4, 0.5) is 0 Å². The lowest BCUT2D eigenvalue weighted by atomic mass is 10.0. The SMILES string of the molecule is COCCCNC(=O)C(=O)[C@H](C)NC(=O)[C@H](CCCCN)NC(=O)[C@H](N)NC(=O)[C@@H](NC(=O)[C@H](CN)NC(=O)c1ccc(-c2ccc(Cl)cc2)cc1)[C@@H](C)O. The number of ether oxygens (including phenoxy) is 1. The number of rotatable bonds is 23. The maximum Gasteiger partial charge on any atom is 0.289 e. The first-order valence-corrected chi connectivity index (χ1v) is 18.0. The van der Waals surface area contributed by atoms with Gasteiger partial charge >= 0.3 is 0 Å². The predicted molar refractivity (Wildman–Crippen MR) is 204 cm³/mol. The second kappa shape index (κ2) is 23.7. The van der Waals surface area contributed by atoms with Crippen molar-refractivity contribution in [1.29, 1.82) is 0 Å². The maximum absolute atomic E-state index is 13.1. The van der Waals surface area contributed by atoms with Gasteiger partial charge in [0.15, 0.2) is 6.17 Å². The van der Waals surface area contributed by atoms with Crippen molar-refractivity contribution in [2.45, 2.75) is 76.0 Å². The Labute approximate surface area is 324 Å². The Bertz CT molecular complexity index is 1610. The standard InChI is InChI=1S/C36H52ClN9O9/c1-20(29(48)35(53)41-17-6-18-55-3)42-32(50)26(7-4-5-16-38)43-36(54)30(40)46-34(52)28(21(2)47)45-33(51)27(19-39)44-31(49)24-10-8-22(9-11-24)23-12-14-25(37)15-13-23/h8-15,20-21,26-28,30,47H,4-7,16-19,38-40H2,1-3H3,(H,41,53)(H,42,50)(H,43,54)(H,44,49)(H,45,51)(H,46,52)/t20-,21+,26-,27-,28-,30+/m0/s1. The first-order chi connectivity index (χ1) is 26.1. The summed E-state index contributed by atoms with van der Waals surface area (Å²) in [4.78, 5) is 90.1. The van der Waals surface area contributed by atoms with E-state index in [2.05, 4.69) is 31.9 Å². The molecular formula is C36H52ClN9O9. The second-order valence-corrected chi connectivity index (χ2v) is 13.0. The highest BCUT2D eigenvalue weighted by Crippen LogP contribution is 2.22. The molecule has 19 heteroatoms. The number of hydrogen-bond acceptors (Lipinski definition) is 12. The third kappa shape index (κ3) is 15.4. The smallest absolute Gasteiger partial charge is 0.289 e. The number of unbranched alkanes of at least 4 members (excludes halogenated alkanes) is 1. The monoisotopic (exact) mass is 789 g/mol. The van der Waals surface area contributed by atoms with Gasteiger partial charge < -0.3 is 58.9 Å². The second-order valence-electron chi connectivity index (χ2n) is 12.6. The number of methoxy groups -OCH3 is 1. The third-order valence-corrected chi connectivity index (χ3v) is 8.44. The van der Waals surface area contributed by atoms with E-state index in [9.17, 15) is 38.7 Å². The molecule has 0 fully saturated rings. The lowest BCUT2D eigenvalue weighted by Crippen LogP contribution is -2.63. The Morgan fingerprint density at radius 1 is 0.745 bits per heavy atom. The highest BCUT2D eigenvalue weighted by Gasteiger charge is 2.33. The van der Waals surface area contributed by atoms with E-state index in [4.69, 9.17) is 33.5 Å². The molecule has 0 saturated heterocycles. The Morgan fingerprint density at radius 3 is 1.91 bits per heavy atom. The Balaban J connectivity index is 2.02. The van der Waals surface area contributed by atoms with Gasteiger partial charge in [0.25, 0.3) is 17.7 Å². The molecule has 302 valence electrons. The summed E-state index contributed by atoms with van der Waals surface area (Å²) in [5.74, 6) is -6.22. The quantitative estimate of drug-likeness (QED) is 0.0338. The normalized spacial score (nSPS) is 14.2. The van der Waals surface area contributed by atoms with Crippen molar-refractivity contribution in [2.75, 3.05) is 33.4 Å². The molecule has 0 bridgehead atoms. The minimum atomic E-state index is -1.77. The number of nitrogens with two attached hydrogens (primary N) is 3. The summed E-state index contributed by atoms with van der Waals surface area (Å²) in [6, 6.07) is 8.22. The van der Waals surface area contributed by atoms with Crippen LogP contribution in [0.1, 0.15) is 49.9 Å². The minimum absolute atomic E-state index is 0.0740. The van der Waals surface area contributed by atoms with Crippen LogP contribution in [0, 0.1) is 0 Å². The number of nitrogens with one attached hydrogen (secondary N) is 6. The zero-order valence-corrected chi connectivity index (χ0v) is 31.8. The highest BCUT2D eigenvalue weighted by molar-refractivity contribution is 6.38. The van der Waals surface area contributed by atoms with Crippen molar-refractivity contribution in [3.05, 3.63) is 59.1 Å². The van der Waals surface area contributed by atoms with E-state index in [1.165, 1.54) is 21.0 Å². The van der Waals surface area contributed by atoms with Crippen LogP contribution in [0.2, 0.25) is 5.02 Å². The van der Waals surface area contributed by atoms with E-state index in [-0.39, 0.29) is 25.1 Å². The van der Waals surface area contributed by atoms with Gasteiger partial charge in [-0.25, -0.2) is 0 Å². The highest BCUT2D eigenvalue weighted by atomic mass is 35.5. The zero-order chi connectivity index (χ0) is 41.1. The predicted octanol–water partition coefficient (Wildman–Crippen LogP) is -1.83. The number of carbonyl (C=O) groups is 7. The molecule has 13 N–H and O–H groups in total. The fourth-order valence-electron chi connectivity index (χ4n) is 5.00. The van der Waals surface area contributed by atoms with Gasteiger partial charge in [-0.2, -0.15) is 0 Å². The van der Waals surface area contributed by atoms with Gasteiger partial charge in [0.1, 0.15) is 18.1 Å². The molecule has 0 heterocycles. The van der Waals surface area contributed by atoms with Gasteiger partial charge in [0.05, 0.1) is 12.1 Å². The topological polar surface area (TPSA) is 299 Å². The van der Waals surface area contributed by atoms with Gasteiger partial charge in [-0.15, -0.1) is 0 Å². The lowest BCUT2D eigenvalue weighted by molar-refractivity contribution is -0.140. The molecule has 0 saturated carbocycles. The van der Waals surface area contributed by atoms with Gasteiger partial charge in [-0.3, -0.25) is 33.6 Å². The van der Waals surface area contributed by atoms with Gasteiger partial charge in [0, 0.05) is 37.4 Å². The summed E-state index contributed by atoms with van der Waals surface area (Å²) >= 11 is 5.95. The lowest BCUT2D eigenvalue weighted by Gasteiger charge is -2.26. The van der Waals surface area contributed by atoms with E-state index >= 15 is 0 Å². The van der Waals surface area contributed by atoms with Crippen LogP contribution in [-0.2, 0) is 33.5 Å². The number of Topliss-reactive ketones (excluding diaryl/α,β-unsaturated/α-hetero) is 1. The largest absolute Gasteiger partial charge is 0.391 e. The molecule has 0 aliphatic heterocycles. The minimum Gasteiger partial charge on any atom is -0.391 e. The Morgan fingerprint density at radius 2 is 1.35 bits per heavy atom. The number of ketones is 1. The molecular weight excluding hydrogens is 738 g/mol. The number of hydrogen-bond donors (Lipinski definition) is 10. The number of aliphatic hydroxyl groups excluding tert-OH is 1. The zero-order valence-electron chi connectivity index (χ0n) is 31.1. The molecule has 18 nitrogen and oxygen atoms in total. The molecule has 0 aliphatic carbocycles. The summed E-state index contributed by atoms with van der Waals surface area (Å²) < 4.78 is 4.89. The molecule has 2 rings (SSSR count). The molecule has 0 radical (unpaired) electrons. The van der Waals surface area contributed by atoms with Crippen molar-refractivity contribution < 1.29 is 43.4 Å². The number of amides is 6. The summed E-state index contributed by atoms with van der Waals surface area (Å²) in [6.07, 6.45) is -1.83. The Hall–Kier alpha value is -4.98. The average molecular weight is 790 g/mol. The maximum atomic E-state index is 13.1. The summed E-state index contributed by atoms with van der Waals surface area (Å²) in [7, 11) is 1.50. The molecule has 6 amide bonds. The average Bonchev–Trinajstić information content (AvgIpc) is 3.16. The van der Waals surface area contributed by atoms with Crippen molar-refractivity contribution in [1.82, 2.24) is 31.9 Å². The number of aliphatic hydroxyl groups is 1. The van der Waals surface area contributed by atoms with E-state index in [1.807, 2.05) is 12.1 Å². The van der Waals surface area contributed by atoms with Crippen molar-refractivity contribution in [3.63, 3.8) is 0 Å². The van der Waals surface area contributed by atoms with Crippen molar-refractivity contribution in [3.8, 4) is 11.1 Å². The van der Waals surface area contributed by atoms with Crippen molar-refractivity contribution >= 4 is 52.8 Å². The Kier molecular flexibility index (Phi) is 19.9. The first-order valence-electron chi connectivity index (χ1n) is 17.7. The molecule has 2 aromatic rings. The van der Waals surface area contributed by atoms with Crippen LogP contribution in [0.25, 0.3) is 11.1 Å². The third-order valence-electron chi connectivity index (χ3n) is 8.19. The van der Waals surface area contributed by atoms with Gasteiger partial charge in [-0.1, -0.05) is 35.9 Å². The number of benzene rings is 2. The van der Waals surface area contributed by atoms with Crippen molar-refractivity contribution in [2.24, 2.45) is 17.2 Å². The molecule has 0 unspecified atom stereocenters. The van der Waals surface area contributed by atoms with Crippen LogP contribution < -0.4 is 49.1 Å². The first kappa shape index (κ1) is 46.2. The number of carbonyl (C=O) groups excluding carboxylic acids is 7. The summed E-state index contributed by atoms with van der Waals surface area (Å²) in [5, 5.41) is 25.2. The summed E-state index contributed by atoms with van der Waals surface area (Å²) in [5.41, 5.74) is 19.2. The van der Waals surface area contributed by atoms with Crippen LogP contribution in [0.15, 0.2) is 48.5 Å². The van der Waals surface area contributed by atoms with E-state index in [0.717, 1.165) is 11.1 Å². The molecule has 0 aromatic heterocycles. The van der Waals surface area contributed by atoms with Gasteiger partial charge in [0.2, 0.25) is 23.5 Å². The number of halogens is 1. The fraction of sp³-hybridized carbons (Fsp3) is 0.472. The molecule has 2 aromatic carbocycles. The van der Waals surface area contributed by atoms with Crippen LogP contribution in [-0.4, -0.2) is 116 Å². The summed E-state index contributed by atoms with van der Waals surface area (Å²) in [6.45, 7) is 3.01. The molecule has 0 aliphatic rings.